The van der Waals surface area contributed by atoms with E-state index < -0.39 is 11.6 Å². The van der Waals surface area contributed by atoms with Crippen LogP contribution < -0.4 is 10.6 Å². The van der Waals surface area contributed by atoms with Crippen molar-refractivity contribution in [3.05, 3.63) is 88.7 Å². The summed E-state index contributed by atoms with van der Waals surface area (Å²) in [5.41, 5.74) is 1.86. The topological polar surface area (TPSA) is 54.0 Å². The van der Waals surface area contributed by atoms with Crippen LogP contribution in [0.5, 0.6) is 0 Å². The van der Waals surface area contributed by atoms with Gasteiger partial charge >= 0.3 is 0 Å². The van der Waals surface area contributed by atoms with Gasteiger partial charge in [0.25, 0.3) is 5.91 Å². The molecule has 4 nitrogen and oxygen atoms in total. The minimum absolute atomic E-state index is 0.185. The van der Waals surface area contributed by atoms with E-state index in [0.717, 1.165) is 17.7 Å². The first kappa shape index (κ1) is 17.8. The molecular formula is C19H14ClF2N3O. The third kappa shape index (κ3) is 4.34. The molecule has 0 fully saturated rings. The Balaban J connectivity index is 1.69. The summed E-state index contributed by atoms with van der Waals surface area (Å²) in [4.78, 5) is 16.3. The van der Waals surface area contributed by atoms with Gasteiger partial charge in [-0.05, 0) is 35.9 Å². The molecule has 1 aromatic heterocycles. The van der Waals surface area contributed by atoms with Crippen molar-refractivity contribution in [1.29, 1.82) is 0 Å². The van der Waals surface area contributed by atoms with Crippen LogP contribution in [0.3, 0.4) is 0 Å². The van der Waals surface area contributed by atoms with E-state index in [9.17, 15) is 13.6 Å². The van der Waals surface area contributed by atoms with E-state index in [1.807, 2.05) is 18.2 Å². The number of carbonyl (C=O) groups is 1. The molecule has 0 atom stereocenters. The molecule has 0 unspecified atom stereocenters. The summed E-state index contributed by atoms with van der Waals surface area (Å²) in [5, 5.41) is 6.21. The van der Waals surface area contributed by atoms with Crippen LogP contribution in [0, 0.1) is 11.6 Å². The molecule has 132 valence electrons. The fourth-order valence-electron chi connectivity index (χ4n) is 2.28. The van der Waals surface area contributed by atoms with Crippen LogP contribution in [0.25, 0.3) is 0 Å². The van der Waals surface area contributed by atoms with Crippen molar-refractivity contribution >= 4 is 28.9 Å². The number of hydrogen-bond donors (Lipinski definition) is 2. The summed E-state index contributed by atoms with van der Waals surface area (Å²) in [6.45, 7) is 0.265. The van der Waals surface area contributed by atoms with Gasteiger partial charge in [0, 0.05) is 35.2 Å². The summed E-state index contributed by atoms with van der Waals surface area (Å²) in [6.07, 6.45) is 1.45. The summed E-state index contributed by atoms with van der Waals surface area (Å²) in [6, 6.07) is 13.8. The van der Waals surface area contributed by atoms with Gasteiger partial charge in [0.2, 0.25) is 0 Å². The number of amides is 1. The first-order valence-corrected chi connectivity index (χ1v) is 8.10. The lowest BCUT2D eigenvalue weighted by Crippen LogP contribution is -2.24. The summed E-state index contributed by atoms with van der Waals surface area (Å²) in [5.74, 6) is -2.26. The highest BCUT2D eigenvalue weighted by atomic mass is 35.5. The number of benzene rings is 2. The maximum absolute atomic E-state index is 13.3. The number of nitrogens with zero attached hydrogens (tertiary/aromatic N) is 1. The molecule has 1 heterocycles. The Morgan fingerprint density at radius 1 is 1.00 bits per heavy atom. The Hall–Kier alpha value is -2.99. The van der Waals surface area contributed by atoms with Gasteiger partial charge in [-0.1, -0.05) is 29.8 Å². The molecule has 26 heavy (non-hydrogen) atoms. The van der Waals surface area contributed by atoms with Crippen molar-refractivity contribution in [2.75, 3.05) is 5.32 Å². The number of aromatic nitrogens is 1. The minimum Gasteiger partial charge on any atom is -0.355 e. The Bertz CT molecular complexity index is 950. The van der Waals surface area contributed by atoms with Crippen molar-refractivity contribution in [2.45, 2.75) is 6.54 Å². The summed E-state index contributed by atoms with van der Waals surface area (Å²) < 4.78 is 26.3. The number of rotatable bonds is 5. The smallest absolute Gasteiger partial charge is 0.270 e. The monoisotopic (exact) mass is 373 g/mol. The van der Waals surface area contributed by atoms with Crippen LogP contribution in [-0.4, -0.2) is 10.9 Å². The normalized spacial score (nSPS) is 10.4. The van der Waals surface area contributed by atoms with E-state index in [2.05, 4.69) is 15.6 Å². The van der Waals surface area contributed by atoms with E-state index in [-0.39, 0.29) is 18.1 Å². The molecule has 0 aliphatic heterocycles. The zero-order chi connectivity index (χ0) is 18.5. The molecule has 0 radical (unpaired) electrons. The second-order valence-electron chi connectivity index (χ2n) is 5.46. The lowest BCUT2D eigenvalue weighted by atomic mass is 10.2. The van der Waals surface area contributed by atoms with Crippen molar-refractivity contribution in [2.24, 2.45) is 0 Å². The average molecular weight is 374 g/mol. The molecule has 7 heteroatoms. The van der Waals surface area contributed by atoms with Gasteiger partial charge in [-0.3, -0.25) is 9.78 Å². The predicted molar refractivity (Wildman–Crippen MR) is 96.5 cm³/mol. The molecule has 0 aliphatic carbocycles. The molecule has 0 aliphatic rings. The zero-order valence-electron chi connectivity index (χ0n) is 13.5. The highest BCUT2D eigenvalue weighted by Crippen LogP contribution is 2.19. The van der Waals surface area contributed by atoms with Gasteiger partial charge < -0.3 is 10.6 Å². The van der Waals surface area contributed by atoms with Crippen molar-refractivity contribution < 1.29 is 13.6 Å². The quantitative estimate of drug-likeness (QED) is 0.682. The van der Waals surface area contributed by atoms with Gasteiger partial charge in [0.1, 0.15) is 5.69 Å². The van der Waals surface area contributed by atoms with Gasteiger partial charge in [-0.15, -0.1) is 0 Å². The van der Waals surface area contributed by atoms with Gasteiger partial charge in [0.15, 0.2) is 11.6 Å². The first-order valence-electron chi connectivity index (χ1n) is 7.72. The van der Waals surface area contributed by atoms with E-state index in [4.69, 9.17) is 11.6 Å². The molecule has 3 aromatic rings. The van der Waals surface area contributed by atoms with Gasteiger partial charge in [-0.2, -0.15) is 0 Å². The van der Waals surface area contributed by atoms with Crippen molar-refractivity contribution in [3.63, 3.8) is 0 Å². The Morgan fingerprint density at radius 3 is 2.54 bits per heavy atom. The van der Waals surface area contributed by atoms with E-state index in [1.165, 1.54) is 18.3 Å². The number of anilines is 2. The molecule has 0 spiro atoms. The van der Waals surface area contributed by atoms with Crippen LogP contribution in [0.1, 0.15) is 16.1 Å². The van der Waals surface area contributed by atoms with E-state index in [0.29, 0.717) is 16.4 Å². The van der Waals surface area contributed by atoms with Gasteiger partial charge in [0.05, 0.1) is 0 Å². The zero-order valence-corrected chi connectivity index (χ0v) is 14.2. The van der Waals surface area contributed by atoms with Crippen molar-refractivity contribution in [3.8, 4) is 0 Å². The van der Waals surface area contributed by atoms with Crippen LogP contribution in [0.15, 0.2) is 60.8 Å². The molecular weight excluding hydrogens is 360 g/mol. The fourth-order valence-corrected chi connectivity index (χ4v) is 2.48. The average Bonchev–Trinajstić information content (AvgIpc) is 2.64. The third-order valence-electron chi connectivity index (χ3n) is 3.60. The Labute approximate surface area is 153 Å². The first-order chi connectivity index (χ1) is 12.5. The molecule has 2 aromatic carbocycles. The van der Waals surface area contributed by atoms with Crippen molar-refractivity contribution in [1.82, 2.24) is 10.3 Å². The van der Waals surface area contributed by atoms with Crippen LogP contribution in [-0.2, 0) is 6.54 Å². The molecule has 1 amide bonds. The second kappa shape index (κ2) is 7.93. The minimum atomic E-state index is -0.957. The SMILES string of the molecule is O=C(NCc1ccccc1Cl)c1cc(Nc2ccc(F)c(F)c2)ccn1. The van der Waals surface area contributed by atoms with Crippen LogP contribution in [0.2, 0.25) is 5.02 Å². The lowest BCUT2D eigenvalue weighted by Gasteiger charge is -2.09. The standard InChI is InChI=1S/C19H14ClF2N3O/c20-15-4-2-1-3-12(15)11-24-19(26)18-10-14(7-8-23-18)25-13-5-6-16(21)17(22)9-13/h1-10H,11H2,(H,23,25)(H,24,26). The number of carbonyl (C=O) groups excluding carboxylic acids is 1. The number of hydrogen-bond acceptors (Lipinski definition) is 3. The highest BCUT2D eigenvalue weighted by Gasteiger charge is 2.10. The van der Waals surface area contributed by atoms with E-state index in [1.54, 1.807) is 12.1 Å². The number of nitrogens with one attached hydrogen (secondary N) is 2. The number of pyridine rings is 1. The van der Waals surface area contributed by atoms with E-state index >= 15 is 0 Å². The molecule has 0 saturated carbocycles. The van der Waals surface area contributed by atoms with Crippen LogP contribution >= 0.6 is 11.6 Å². The summed E-state index contributed by atoms with van der Waals surface area (Å²) in [7, 11) is 0. The molecule has 0 bridgehead atoms. The van der Waals surface area contributed by atoms with Gasteiger partial charge in [-0.25, -0.2) is 8.78 Å². The summed E-state index contributed by atoms with van der Waals surface area (Å²) >= 11 is 6.06. The fraction of sp³-hybridized carbons (Fsp3) is 0.0526. The lowest BCUT2D eigenvalue weighted by molar-refractivity contribution is 0.0946. The van der Waals surface area contributed by atoms with Crippen LogP contribution in [0.4, 0.5) is 20.2 Å². The molecule has 3 rings (SSSR count). The Kier molecular flexibility index (Phi) is 5.43. The molecule has 2 N–H and O–H groups in total. The Morgan fingerprint density at radius 2 is 1.77 bits per heavy atom. The highest BCUT2D eigenvalue weighted by molar-refractivity contribution is 6.31. The number of halogens is 3. The maximum atomic E-state index is 13.3. The second-order valence-corrected chi connectivity index (χ2v) is 5.86. The predicted octanol–water partition coefficient (Wildman–Crippen LogP) is 4.69. The largest absolute Gasteiger partial charge is 0.355 e. The maximum Gasteiger partial charge on any atom is 0.270 e. The third-order valence-corrected chi connectivity index (χ3v) is 3.97. The molecule has 0 saturated heterocycles.